The summed E-state index contributed by atoms with van der Waals surface area (Å²) in [6, 6.07) is 32.0. The van der Waals surface area contributed by atoms with Gasteiger partial charge in [0.05, 0.1) is 29.7 Å². The van der Waals surface area contributed by atoms with E-state index in [1.165, 1.54) is 4.57 Å². The quantitative estimate of drug-likeness (QED) is 0.134. The van der Waals surface area contributed by atoms with Gasteiger partial charge in [0, 0.05) is 17.5 Å². The molecular weight excluding hydrogens is 637 g/mol. The molecule has 3 aromatic heterocycles. The standard InChI is InChI=1S/C42H36N6O3/c1-4-5-14-38-37(21-29-15-17-31(18-16-29)36-13-9-8-12-34(36)23-43)41(49)48(28(3)46-38)42-44-24-35(25-45-42)50-26-39-27(2)51-40(47-39)33-20-19-30-10-6-7-11-32(30)22-33/h6-13,15-20,22,24-25H,4-5,14,21,26H2,1-3H3. The van der Waals surface area contributed by atoms with Crippen LogP contribution in [0.25, 0.3) is 39.3 Å². The van der Waals surface area contributed by atoms with Crippen molar-refractivity contribution in [3.8, 4) is 40.3 Å². The number of oxazole rings is 1. The average molecular weight is 673 g/mol. The van der Waals surface area contributed by atoms with Gasteiger partial charge in [0.25, 0.3) is 5.56 Å². The van der Waals surface area contributed by atoms with Gasteiger partial charge in [-0.25, -0.2) is 24.5 Å². The molecule has 9 heteroatoms. The number of ether oxygens (including phenoxy) is 1. The van der Waals surface area contributed by atoms with Gasteiger partial charge < -0.3 is 9.15 Å². The molecule has 9 nitrogen and oxygen atoms in total. The second kappa shape index (κ2) is 14.6. The molecule has 0 N–H and O–H groups in total. The van der Waals surface area contributed by atoms with Gasteiger partial charge in [-0.1, -0.05) is 86.1 Å². The van der Waals surface area contributed by atoms with Gasteiger partial charge in [-0.3, -0.25) is 4.79 Å². The Labute approximate surface area is 295 Å². The summed E-state index contributed by atoms with van der Waals surface area (Å²) in [5.74, 6) is 2.38. The monoisotopic (exact) mass is 672 g/mol. The van der Waals surface area contributed by atoms with Crippen LogP contribution >= 0.6 is 0 Å². The van der Waals surface area contributed by atoms with E-state index >= 15 is 0 Å². The topological polar surface area (TPSA) is 120 Å². The zero-order chi connectivity index (χ0) is 35.3. The van der Waals surface area contributed by atoms with Crippen molar-refractivity contribution in [3.05, 3.63) is 153 Å². The summed E-state index contributed by atoms with van der Waals surface area (Å²) in [5.41, 5.74) is 6.19. The largest absolute Gasteiger partial charge is 0.484 e. The fourth-order valence-corrected chi connectivity index (χ4v) is 6.18. The van der Waals surface area contributed by atoms with Crippen molar-refractivity contribution in [2.24, 2.45) is 0 Å². The number of aryl methyl sites for hydroxylation is 3. The molecule has 0 atom stereocenters. The van der Waals surface area contributed by atoms with Crippen molar-refractivity contribution < 1.29 is 9.15 Å². The Morgan fingerprint density at radius 2 is 1.57 bits per heavy atom. The maximum atomic E-state index is 14.1. The number of benzene rings is 4. The van der Waals surface area contributed by atoms with Crippen molar-refractivity contribution in [1.29, 1.82) is 5.26 Å². The van der Waals surface area contributed by atoms with Crippen LogP contribution in [0.5, 0.6) is 5.75 Å². The highest BCUT2D eigenvalue weighted by molar-refractivity contribution is 5.86. The molecule has 4 aromatic carbocycles. The first-order valence-corrected chi connectivity index (χ1v) is 17.0. The molecule has 0 aliphatic rings. The Balaban J connectivity index is 1.10. The normalized spacial score (nSPS) is 11.1. The average Bonchev–Trinajstić information content (AvgIpc) is 3.54. The van der Waals surface area contributed by atoms with Crippen LogP contribution in [0.2, 0.25) is 0 Å². The molecule has 51 heavy (non-hydrogen) atoms. The van der Waals surface area contributed by atoms with Crippen LogP contribution < -0.4 is 10.3 Å². The molecule has 0 fully saturated rings. The van der Waals surface area contributed by atoms with Crippen LogP contribution in [0.15, 0.2) is 113 Å². The first-order valence-electron chi connectivity index (χ1n) is 17.0. The first kappa shape index (κ1) is 33.1. The predicted octanol–water partition coefficient (Wildman–Crippen LogP) is 8.50. The molecule has 0 unspecified atom stereocenters. The van der Waals surface area contributed by atoms with E-state index in [9.17, 15) is 10.1 Å². The van der Waals surface area contributed by atoms with E-state index in [-0.39, 0.29) is 18.1 Å². The Morgan fingerprint density at radius 1 is 0.843 bits per heavy atom. The molecule has 252 valence electrons. The fourth-order valence-electron chi connectivity index (χ4n) is 6.18. The lowest BCUT2D eigenvalue weighted by molar-refractivity contribution is 0.297. The first-order chi connectivity index (χ1) is 24.9. The molecule has 0 saturated carbocycles. The van der Waals surface area contributed by atoms with Crippen LogP contribution in [0.1, 0.15) is 59.4 Å². The van der Waals surface area contributed by atoms with Gasteiger partial charge >= 0.3 is 0 Å². The minimum absolute atomic E-state index is 0.170. The summed E-state index contributed by atoms with van der Waals surface area (Å²) in [5, 5.41) is 11.8. The van der Waals surface area contributed by atoms with Crippen molar-refractivity contribution in [1.82, 2.24) is 24.5 Å². The number of hydrogen-bond acceptors (Lipinski definition) is 8. The van der Waals surface area contributed by atoms with Gasteiger partial charge in [-0.15, -0.1) is 0 Å². The molecule has 0 spiro atoms. The lowest BCUT2D eigenvalue weighted by Crippen LogP contribution is -2.29. The van der Waals surface area contributed by atoms with E-state index < -0.39 is 0 Å². The van der Waals surface area contributed by atoms with E-state index in [4.69, 9.17) is 19.1 Å². The van der Waals surface area contributed by atoms with E-state index in [2.05, 4.69) is 47.2 Å². The van der Waals surface area contributed by atoms with Crippen LogP contribution in [-0.2, 0) is 19.4 Å². The smallest absolute Gasteiger partial charge is 0.264 e. The summed E-state index contributed by atoms with van der Waals surface area (Å²) in [6.07, 6.45) is 6.12. The van der Waals surface area contributed by atoms with Gasteiger partial charge in [0.1, 0.15) is 23.9 Å². The van der Waals surface area contributed by atoms with E-state index in [0.29, 0.717) is 52.9 Å². The lowest BCUT2D eigenvalue weighted by Gasteiger charge is -2.15. The molecule has 0 bridgehead atoms. The van der Waals surface area contributed by atoms with Crippen LogP contribution in [0, 0.1) is 25.2 Å². The highest BCUT2D eigenvalue weighted by Crippen LogP contribution is 2.27. The van der Waals surface area contributed by atoms with E-state index in [1.54, 1.807) is 19.3 Å². The number of fused-ring (bicyclic) bond motifs is 1. The van der Waals surface area contributed by atoms with Crippen LogP contribution in [-0.4, -0.2) is 24.5 Å². The third-order valence-electron chi connectivity index (χ3n) is 8.97. The molecule has 0 saturated heterocycles. The Kier molecular flexibility index (Phi) is 9.48. The van der Waals surface area contributed by atoms with Gasteiger partial charge in [-0.2, -0.15) is 5.26 Å². The summed E-state index contributed by atoms with van der Waals surface area (Å²) in [7, 11) is 0. The van der Waals surface area contributed by atoms with Crippen molar-refractivity contribution in [3.63, 3.8) is 0 Å². The number of nitrogens with zero attached hydrogens (tertiary/aromatic N) is 6. The summed E-state index contributed by atoms with van der Waals surface area (Å²) < 4.78 is 13.4. The van der Waals surface area contributed by atoms with Crippen molar-refractivity contribution >= 4 is 10.8 Å². The molecule has 7 rings (SSSR count). The summed E-state index contributed by atoms with van der Waals surface area (Å²) in [4.78, 5) is 32.7. The highest BCUT2D eigenvalue weighted by Gasteiger charge is 2.19. The van der Waals surface area contributed by atoms with E-state index in [0.717, 1.165) is 51.6 Å². The van der Waals surface area contributed by atoms with Crippen LogP contribution in [0.3, 0.4) is 0 Å². The SMILES string of the molecule is CCCCc1nc(C)n(-c2ncc(OCc3nc(-c4ccc5ccccc5c4)oc3C)cn2)c(=O)c1Cc1ccc(-c2ccccc2C#N)cc1. The Bertz CT molecular complexity index is 2440. The number of nitriles is 1. The second-order valence-electron chi connectivity index (χ2n) is 12.5. The lowest BCUT2D eigenvalue weighted by atomic mass is 9.97. The molecular formula is C42H36N6O3. The molecule has 3 heterocycles. The molecule has 0 aliphatic heterocycles. The third kappa shape index (κ3) is 7.03. The fraction of sp³-hybridized carbons (Fsp3) is 0.190. The van der Waals surface area contributed by atoms with Crippen molar-refractivity contribution in [2.45, 2.75) is 53.1 Å². The molecule has 0 aliphatic carbocycles. The summed E-state index contributed by atoms with van der Waals surface area (Å²) >= 11 is 0. The third-order valence-corrected chi connectivity index (χ3v) is 8.97. The van der Waals surface area contributed by atoms with Gasteiger partial charge in [0.15, 0.2) is 5.75 Å². The zero-order valence-electron chi connectivity index (χ0n) is 28.8. The summed E-state index contributed by atoms with van der Waals surface area (Å²) in [6.45, 7) is 5.96. The predicted molar refractivity (Wildman–Crippen MR) is 197 cm³/mol. The minimum atomic E-state index is -0.194. The zero-order valence-corrected chi connectivity index (χ0v) is 28.8. The van der Waals surface area contributed by atoms with Gasteiger partial charge in [0.2, 0.25) is 11.8 Å². The van der Waals surface area contributed by atoms with Crippen molar-refractivity contribution in [2.75, 3.05) is 0 Å². The molecule has 7 aromatic rings. The molecule has 0 radical (unpaired) electrons. The van der Waals surface area contributed by atoms with Crippen LogP contribution in [0.4, 0.5) is 0 Å². The Morgan fingerprint density at radius 3 is 2.33 bits per heavy atom. The molecule has 0 amide bonds. The minimum Gasteiger partial charge on any atom is -0.484 e. The maximum Gasteiger partial charge on any atom is 0.264 e. The maximum absolute atomic E-state index is 14.1. The number of aromatic nitrogens is 5. The van der Waals surface area contributed by atoms with Gasteiger partial charge in [-0.05, 0) is 72.4 Å². The van der Waals surface area contributed by atoms with E-state index in [1.807, 2.05) is 73.7 Å². The second-order valence-corrected chi connectivity index (χ2v) is 12.5. The highest BCUT2D eigenvalue weighted by atomic mass is 16.5. The number of hydrogen-bond donors (Lipinski definition) is 0. The Hall–Kier alpha value is -6.40. The number of unbranched alkanes of at least 4 members (excludes halogenated alkanes) is 1. The number of rotatable bonds is 11.